The van der Waals surface area contributed by atoms with Gasteiger partial charge in [-0.1, -0.05) is 59.6 Å². The summed E-state index contributed by atoms with van der Waals surface area (Å²) in [6, 6.07) is 17.7. The standard InChI is InChI=1S/C20H17Cl2N5S/c21-16-7-5-13(6-8-16)10-23-20(28)26-19-24-17(22)9-18(25-19)27-11-14-3-1-2-4-15(14)12-27/h1-9H,10-12H2,(H2,23,24,25,26,28). The summed E-state index contributed by atoms with van der Waals surface area (Å²) >= 11 is 17.5. The molecule has 0 unspecified atom stereocenters. The Labute approximate surface area is 178 Å². The van der Waals surface area contributed by atoms with E-state index in [1.165, 1.54) is 11.1 Å². The molecule has 3 aromatic rings. The van der Waals surface area contributed by atoms with Gasteiger partial charge in [0.25, 0.3) is 0 Å². The molecule has 5 nitrogen and oxygen atoms in total. The number of nitrogens with zero attached hydrogens (tertiary/aromatic N) is 3. The molecule has 4 rings (SSSR count). The van der Waals surface area contributed by atoms with Crippen LogP contribution in [-0.2, 0) is 19.6 Å². The summed E-state index contributed by atoms with van der Waals surface area (Å²) in [5, 5.41) is 7.63. The molecule has 1 aliphatic rings. The highest BCUT2D eigenvalue weighted by atomic mass is 35.5. The number of anilines is 2. The lowest BCUT2D eigenvalue weighted by Crippen LogP contribution is -2.29. The first-order valence-electron chi connectivity index (χ1n) is 8.72. The summed E-state index contributed by atoms with van der Waals surface area (Å²) in [7, 11) is 0. The summed E-state index contributed by atoms with van der Waals surface area (Å²) in [6.45, 7) is 2.16. The van der Waals surface area contributed by atoms with E-state index >= 15 is 0 Å². The lowest BCUT2D eigenvalue weighted by Gasteiger charge is -2.18. The molecule has 8 heteroatoms. The van der Waals surface area contributed by atoms with Crippen LogP contribution in [0.15, 0.2) is 54.6 Å². The van der Waals surface area contributed by atoms with Crippen molar-refractivity contribution in [2.75, 3.05) is 10.2 Å². The number of fused-ring (bicyclic) bond motifs is 1. The van der Waals surface area contributed by atoms with E-state index in [0.29, 0.717) is 27.8 Å². The maximum Gasteiger partial charge on any atom is 0.232 e. The number of nitrogens with one attached hydrogen (secondary N) is 2. The Kier molecular flexibility index (Phi) is 5.62. The van der Waals surface area contributed by atoms with E-state index in [9.17, 15) is 0 Å². The Bertz CT molecular complexity index is 985. The van der Waals surface area contributed by atoms with Gasteiger partial charge in [-0.15, -0.1) is 0 Å². The van der Waals surface area contributed by atoms with Crippen LogP contribution in [-0.4, -0.2) is 15.1 Å². The monoisotopic (exact) mass is 429 g/mol. The van der Waals surface area contributed by atoms with Gasteiger partial charge in [-0.25, -0.2) is 4.98 Å². The molecule has 0 amide bonds. The number of thiocarbonyl (C=S) groups is 1. The van der Waals surface area contributed by atoms with E-state index in [4.69, 9.17) is 35.4 Å². The number of halogens is 2. The Morgan fingerprint density at radius 1 is 1.00 bits per heavy atom. The van der Waals surface area contributed by atoms with E-state index in [-0.39, 0.29) is 0 Å². The second kappa shape index (κ2) is 8.31. The van der Waals surface area contributed by atoms with Crippen molar-refractivity contribution in [2.45, 2.75) is 19.6 Å². The van der Waals surface area contributed by atoms with Gasteiger partial charge in [0, 0.05) is 30.7 Å². The second-order valence-electron chi connectivity index (χ2n) is 6.43. The Hall–Kier alpha value is -2.41. The molecule has 0 aliphatic carbocycles. The molecule has 28 heavy (non-hydrogen) atoms. The van der Waals surface area contributed by atoms with E-state index < -0.39 is 0 Å². The molecule has 1 aliphatic heterocycles. The number of benzene rings is 2. The first-order chi connectivity index (χ1) is 13.6. The van der Waals surface area contributed by atoms with Crippen molar-refractivity contribution in [3.05, 3.63) is 81.5 Å². The fraction of sp³-hybridized carbons (Fsp3) is 0.150. The van der Waals surface area contributed by atoms with Crippen LogP contribution in [0, 0.1) is 0 Å². The van der Waals surface area contributed by atoms with Gasteiger partial charge >= 0.3 is 0 Å². The first-order valence-corrected chi connectivity index (χ1v) is 9.89. The fourth-order valence-corrected chi connectivity index (χ4v) is 3.52. The minimum absolute atomic E-state index is 0.365. The number of aromatic nitrogens is 2. The molecule has 0 bridgehead atoms. The van der Waals surface area contributed by atoms with Crippen LogP contribution in [0.5, 0.6) is 0 Å². The average molecular weight is 430 g/mol. The lowest BCUT2D eigenvalue weighted by atomic mass is 10.1. The van der Waals surface area contributed by atoms with Crippen LogP contribution < -0.4 is 15.5 Å². The van der Waals surface area contributed by atoms with Crippen molar-refractivity contribution in [1.29, 1.82) is 0 Å². The van der Waals surface area contributed by atoms with Gasteiger partial charge in [0.2, 0.25) is 5.95 Å². The maximum absolute atomic E-state index is 6.22. The third-order valence-corrected chi connectivity index (χ3v) is 5.13. The Morgan fingerprint density at radius 3 is 2.36 bits per heavy atom. The van der Waals surface area contributed by atoms with Gasteiger partial charge in [0.15, 0.2) is 5.11 Å². The molecule has 2 aromatic carbocycles. The molecule has 0 saturated carbocycles. The highest BCUT2D eigenvalue weighted by Crippen LogP contribution is 2.28. The van der Waals surface area contributed by atoms with Gasteiger partial charge in [-0.3, -0.25) is 0 Å². The highest BCUT2D eigenvalue weighted by Gasteiger charge is 2.20. The zero-order chi connectivity index (χ0) is 19.5. The summed E-state index contributed by atoms with van der Waals surface area (Å²) in [5.74, 6) is 1.13. The van der Waals surface area contributed by atoms with Crippen molar-refractivity contribution in [2.24, 2.45) is 0 Å². The average Bonchev–Trinajstić information content (AvgIpc) is 3.11. The SMILES string of the molecule is S=C(NCc1ccc(Cl)cc1)Nc1nc(Cl)cc(N2Cc3ccccc3C2)n1. The molecule has 0 atom stereocenters. The largest absolute Gasteiger partial charge is 0.358 e. The molecule has 0 fully saturated rings. The van der Waals surface area contributed by atoms with Crippen LogP contribution in [0.4, 0.5) is 11.8 Å². The first kappa shape index (κ1) is 18.9. The van der Waals surface area contributed by atoms with Crippen LogP contribution in [0.25, 0.3) is 0 Å². The van der Waals surface area contributed by atoms with Crippen molar-refractivity contribution in [3.63, 3.8) is 0 Å². The van der Waals surface area contributed by atoms with Gasteiger partial charge in [0.05, 0.1) is 0 Å². The van der Waals surface area contributed by atoms with E-state index in [1.807, 2.05) is 36.4 Å². The topological polar surface area (TPSA) is 53.1 Å². The lowest BCUT2D eigenvalue weighted by molar-refractivity contribution is 0.852. The van der Waals surface area contributed by atoms with Gasteiger partial charge < -0.3 is 15.5 Å². The fourth-order valence-electron chi connectivity index (χ4n) is 3.05. The molecule has 2 N–H and O–H groups in total. The highest BCUT2D eigenvalue weighted by molar-refractivity contribution is 7.80. The van der Waals surface area contributed by atoms with Crippen LogP contribution in [0.1, 0.15) is 16.7 Å². The maximum atomic E-state index is 6.22. The summed E-state index contributed by atoms with van der Waals surface area (Å²) in [5.41, 5.74) is 3.66. The number of hydrogen-bond donors (Lipinski definition) is 2. The van der Waals surface area contributed by atoms with Gasteiger partial charge in [0.1, 0.15) is 11.0 Å². The second-order valence-corrected chi connectivity index (χ2v) is 7.66. The van der Waals surface area contributed by atoms with Crippen LogP contribution in [0.3, 0.4) is 0 Å². The summed E-state index contributed by atoms with van der Waals surface area (Å²) in [4.78, 5) is 11.0. The Morgan fingerprint density at radius 2 is 1.68 bits per heavy atom. The molecule has 142 valence electrons. The minimum Gasteiger partial charge on any atom is -0.358 e. The summed E-state index contributed by atoms with van der Waals surface area (Å²) in [6.07, 6.45) is 0. The quantitative estimate of drug-likeness (QED) is 0.459. The Balaban J connectivity index is 1.41. The normalized spacial score (nSPS) is 12.6. The van der Waals surface area contributed by atoms with Crippen molar-refractivity contribution in [3.8, 4) is 0 Å². The molecular formula is C20H17Cl2N5S. The van der Waals surface area contributed by atoms with Crippen molar-refractivity contribution in [1.82, 2.24) is 15.3 Å². The van der Waals surface area contributed by atoms with Crippen LogP contribution >= 0.6 is 35.4 Å². The van der Waals surface area contributed by atoms with Gasteiger partial charge in [-0.05, 0) is 41.0 Å². The van der Waals surface area contributed by atoms with E-state index in [0.717, 1.165) is 24.5 Å². The molecule has 0 spiro atoms. The molecule has 0 radical (unpaired) electrons. The summed E-state index contributed by atoms with van der Waals surface area (Å²) < 4.78 is 0. The van der Waals surface area contributed by atoms with E-state index in [2.05, 4.69) is 37.6 Å². The van der Waals surface area contributed by atoms with Crippen molar-refractivity contribution >= 4 is 52.3 Å². The van der Waals surface area contributed by atoms with Crippen molar-refractivity contribution < 1.29 is 0 Å². The predicted octanol–water partition coefficient (Wildman–Crippen LogP) is 4.79. The molecule has 2 heterocycles. The minimum atomic E-state index is 0.365. The zero-order valence-electron chi connectivity index (χ0n) is 14.8. The van der Waals surface area contributed by atoms with Crippen LogP contribution in [0.2, 0.25) is 10.2 Å². The third-order valence-electron chi connectivity index (χ3n) is 4.44. The number of rotatable bonds is 4. The number of hydrogen-bond acceptors (Lipinski definition) is 4. The third kappa shape index (κ3) is 4.52. The predicted molar refractivity (Wildman–Crippen MR) is 118 cm³/mol. The molecule has 0 saturated heterocycles. The smallest absolute Gasteiger partial charge is 0.232 e. The van der Waals surface area contributed by atoms with E-state index in [1.54, 1.807) is 6.07 Å². The molecule has 1 aromatic heterocycles. The zero-order valence-corrected chi connectivity index (χ0v) is 17.2. The molecular weight excluding hydrogens is 413 g/mol. The van der Waals surface area contributed by atoms with Gasteiger partial charge in [-0.2, -0.15) is 4.98 Å².